The summed E-state index contributed by atoms with van der Waals surface area (Å²) < 4.78 is 13.3. The number of pyridine rings is 1. The molecule has 1 aromatic carbocycles. The van der Waals surface area contributed by atoms with Crippen molar-refractivity contribution < 1.29 is 19.4 Å². The van der Waals surface area contributed by atoms with Gasteiger partial charge in [-0.2, -0.15) is 0 Å². The van der Waals surface area contributed by atoms with Crippen LogP contribution in [0.4, 0.5) is 0 Å². The van der Waals surface area contributed by atoms with E-state index in [0.29, 0.717) is 51.7 Å². The maximum atomic E-state index is 12.7. The normalized spacial score (nSPS) is 16.1. The molecule has 2 aromatic heterocycles. The molecule has 9 nitrogen and oxygen atoms in total. The number of fused-ring (bicyclic) bond motifs is 1. The predicted molar refractivity (Wildman–Crippen MR) is 119 cm³/mol. The molecule has 0 saturated carbocycles. The minimum absolute atomic E-state index is 0.0406. The van der Waals surface area contributed by atoms with Crippen molar-refractivity contribution in [3.05, 3.63) is 54.6 Å². The molecule has 9 heteroatoms. The second kappa shape index (κ2) is 10.5. The van der Waals surface area contributed by atoms with E-state index in [-0.39, 0.29) is 5.91 Å². The number of benzene rings is 1. The number of imidazole rings is 1. The Balaban J connectivity index is 1.33. The van der Waals surface area contributed by atoms with E-state index in [1.54, 1.807) is 30.5 Å². The van der Waals surface area contributed by atoms with Crippen molar-refractivity contribution in [2.24, 2.45) is 0 Å². The van der Waals surface area contributed by atoms with Gasteiger partial charge >= 0.3 is 0 Å². The van der Waals surface area contributed by atoms with Gasteiger partial charge in [-0.3, -0.25) is 9.78 Å². The number of hydrogen-bond acceptors (Lipinski definition) is 7. The molecule has 2 atom stereocenters. The summed E-state index contributed by atoms with van der Waals surface area (Å²) in [4.78, 5) is 23.0. The summed E-state index contributed by atoms with van der Waals surface area (Å²) in [5.41, 5.74) is 2.45. The van der Waals surface area contributed by atoms with Crippen molar-refractivity contribution >= 4 is 16.9 Å². The maximum absolute atomic E-state index is 12.7. The second-order valence-electron chi connectivity index (χ2n) is 7.77. The maximum Gasteiger partial charge on any atom is 0.263 e. The first kappa shape index (κ1) is 22.2. The lowest BCUT2D eigenvalue weighted by atomic mass is 10.1. The molecule has 1 aliphatic rings. The van der Waals surface area contributed by atoms with Crippen molar-refractivity contribution in [2.45, 2.75) is 25.7 Å². The lowest BCUT2D eigenvalue weighted by Crippen LogP contribution is -2.46. The van der Waals surface area contributed by atoms with Crippen LogP contribution >= 0.6 is 0 Å². The number of para-hydroxylation sites is 1. The van der Waals surface area contributed by atoms with Gasteiger partial charge in [-0.15, -0.1) is 0 Å². The first-order valence-electron chi connectivity index (χ1n) is 10.9. The quantitative estimate of drug-likeness (QED) is 0.486. The smallest absolute Gasteiger partial charge is 0.263 e. The minimum Gasteiger partial charge on any atom is -0.479 e. The zero-order valence-electron chi connectivity index (χ0n) is 18.2. The molecule has 170 valence electrons. The zero-order chi connectivity index (χ0) is 22.3. The lowest BCUT2D eigenvalue weighted by Gasteiger charge is -2.29. The summed E-state index contributed by atoms with van der Waals surface area (Å²) in [7, 11) is 0. The highest BCUT2D eigenvalue weighted by molar-refractivity contribution is 5.84. The second-order valence-corrected chi connectivity index (χ2v) is 7.77. The number of aliphatic hydroxyl groups excluding tert-OH is 1. The fourth-order valence-electron chi connectivity index (χ4n) is 3.75. The van der Waals surface area contributed by atoms with E-state index in [0.717, 1.165) is 16.6 Å². The molecule has 0 bridgehead atoms. The van der Waals surface area contributed by atoms with Gasteiger partial charge in [-0.05, 0) is 25.1 Å². The van der Waals surface area contributed by atoms with E-state index in [2.05, 4.69) is 15.3 Å². The Morgan fingerprint density at radius 2 is 2.12 bits per heavy atom. The van der Waals surface area contributed by atoms with E-state index >= 15 is 0 Å². The van der Waals surface area contributed by atoms with Crippen LogP contribution < -0.4 is 10.1 Å². The number of amides is 1. The van der Waals surface area contributed by atoms with Crippen molar-refractivity contribution in [1.82, 2.24) is 24.8 Å². The van der Waals surface area contributed by atoms with Crippen LogP contribution in [-0.2, 0) is 16.1 Å². The first-order chi connectivity index (χ1) is 15.6. The molecule has 1 fully saturated rings. The molecule has 0 spiro atoms. The number of rotatable bonds is 9. The molecular formula is C23H29N5O4. The number of ether oxygens (including phenoxy) is 2. The molecule has 1 amide bonds. The molecule has 1 saturated heterocycles. The molecule has 3 heterocycles. The van der Waals surface area contributed by atoms with Crippen LogP contribution in [-0.4, -0.2) is 75.9 Å². The molecule has 0 unspecified atom stereocenters. The molecule has 4 rings (SSSR count). The highest BCUT2D eigenvalue weighted by Gasteiger charge is 2.24. The van der Waals surface area contributed by atoms with Crippen LogP contribution in [0.25, 0.3) is 11.0 Å². The third kappa shape index (κ3) is 5.24. The van der Waals surface area contributed by atoms with Gasteiger partial charge in [0.15, 0.2) is 6.10 Å². The number of hydrogen-bond donors (Lipinski definition) is 2. The fraction of sp³-hybridized carbons (Fsp3) is 0.435. The lowest BCUT2D eigenvalue weighted by molar-refractivity contribution is -0.142. The fourth-order valence-corrected chi connectivity index (χ4v) is 3.75. The number of nitrogens with one attached hydrogen (secondary N) is 1. The van der Waals surface area contributed by atoms with Gasteiger partial charge in [0, 0.05) is 50.7 Å². The third-order valence-electron chi connectivity index (χ3n) is 5.52. The Morgan fingerprint density at radius 1 is 1.28 bits per heavy atom. The highest BCUT2D eigenvalue weighted by Crippen LogP contribution is 2.25. The number of aliphatic hydroxyl groups is 1. The van der Waals surface area contributed by atoms with Crippen LogP contribution in [0, 0.1) is 0 Å². The SMILES string of the molecule is C[C@H](Oc1cccc2c1ncn2CCNC[C@H](O)c1cccnc1)C(=O)N1CCOCC1. The summed E-state index contributed by atoms with van der Waals surface area (Å²) in [6.45, 7) is 5.86. The topological polar surface area (TPSA) is 102 Å². The predicted octanol–water partition coefficient (Wildman–Crippen LogP) is 1.38. The summed E-state index contributed by atoms with van der Waals surface area (Å²) in [6.07, 6.45) is 3.92. The minimum atomic E-state index is -0.603. The third-order valence-corrected chi connectivity index (χ3v) is 5.52. The van der Waals surface area contributed by atoms with Crippen molar-refractivity contribution in [3.63, 3.8) is 0 Å². The molecule has 1 aliphatic heterocycles. The molecule has 0 aliphatic carbocycles. The first-order valence-corrected chi connectivity index (χ1v) is 10.9. The summed E-state index contributed by atoms with van der Waals surface area (Å²) in [6, 6.07) is 9.39. The monoisotopic (exact) mass is 439 g/mol. The van der Waals surface area contributed by atoms with Crippen molar-refractivity contribution in [3.8, 4) is 5.75 Å². The number of morpholine rings is 1. The number of nitrogens with zero attached hydrogens (tertiary/aromatic N) is 4. The Bertz CT molecular complexity index is 1020. The van der Waals surface area contributed by atoms with Gasteiger partial charge in [0.05, 0.1) is 31.2 Å². The zero-order valence-corrected chi connectivity index (χ0v) is 18.2. The Kier molecular flexibility index (Phi) is 7.31. The van der Waals surface area contributed by atoms with Gasteiger partial charge in [0.25, 0.3) is 5.91 Å². The Labute approximate surface area is 187 Å². The largest absolute Gasteiger partial charge is 0.479 e. The van der Waals surface area contributed by atoms with Gasteiger partial charge < -0.3 is 29.4 Å². The average molecular weight is 440 g/mol. The molecule has 3 aromatic rings. The van der Waals surface area contributed by atoms with Gasteiger partial charge in [-0.25, -0.2) is 4.98 Å². The molecule has 0 radical (unpaired) electrons. The van der Waals surface area contributed by atoms with Gasteiger partial charge in [0.1, 0.15) is 11.3 Å². The molecule has 32 heavy (non-hydrogen) atoms. The van der Waals surface area contributed by atoms with Crippen LogP contribution in [0.15, 0.2) is 49.1 Å². The Morgan fingerprint density at radius 3 is 2.91 bits per heavy atom. The van der Waals surface area contributed by atoms with E-state index < -0.39 is 12.2 Å². The van der Waals surface area contributed by atoms with Crippen LogP contribution in [0.5, 0.6) is 5.75 Å². The van der Waals surface area contributed by atoms with Crippen molar-refractivity contribution in [2.75, 3.05) is 39.4 Å². The number of aromatic nitrogens is 3. The van der Waals surface area contributed by atoms with Crippen LogP contribution in [0.2, 0.25) is 0 Å². The molecule has 2 N–H and O–H groups in total. The van der Waals surface area contributed by atoms with Gasteiger partial charge in [0.2, 0.25) is 0 Å². The summed E-state index contributed by atoms with van der Waals surface area (Å²) in [5.74, 6) is 0.552. The average Bonchev–Trinajstić information content (AvgIpc) is 3.26. The van der Waals surface area contributed by atoms with E-state index in [4.69, 9.17) is 9.47 Å². The van der Waals surface area contributed by atoms with Gasteiger partial charge in [-0.1, -0.05) is 12.1 Å². The van der Waals surface area contributed by atoms with E-state index in [1.165, 1.54) is 0 Å². The van der Waals surface area contributed by atoms with E-state index in [9.17, 15) is 9.90 Å². The highest BCUT2D eigenvalue weighted by atomic mass is 16.5. The van der Waals surface area contributed by atoms with Crippen molar-refractivity contribution in [1.29, 1.82) is 0 Å². The number of carbonyl (C=O) groups is 1. The standard InChI is InChI=1S/C23H29N5O4/c1-17(23(30)27-10-12-31-13-11-27)32-21-6-2-5-19-22(21)26-16-28(19)9-8-25-15-20(29)18-4-3-7-24-14-18/h2-7,14,16-17,20,25,29H,8-13,15H2,1H3/t17-,20-/m0/s1. The van der Waals surface area contributed by atoms with Crippen LogP contribution in [0.3, 0.4) is 0 Å². The Hall–Kier alpha value is -3.01. The van der Waals surface area contributed by atoms with E-state index in [1.807, 2.05) is 34.9 Å². The molecular weight excluding hydrogens is 410 g/mol. The summed E-state index contributed by atoms with van der Waals surface area (Å²) in [5, 5.41) is 13.5. The van der Waals surface area contributed by atoms with Crippen LogP contribution in [0.1, 0.15) is 18.6 Å². The number of carbonyl (C=O) groups excluding carboxylic acids is 1. The summed E-state index contributed by atoms with van der Waals surface area (Å²) >= 11 is 0.